The van der Waals surface area contributed by atoms with Crippen molar-refractivity contribution < 1.29 is 13.9 Å². The van der Waals surface area contributed by atoms with Crippen LogP contribution in [0.15, 0.2) is 65.4 Å². The van der Waals surface area contributed by atoms with Gasteiger partial charge in [0.1, 0.15) is 29.6 Å². The van der Waals surface area contributed by atoms with Gasteiger partial charge < -0.3 is 9.15 Å². The molecule has 5 heteroatoms. The zero-order valence-electron chi connectivity index (χ0n) is 13.7. The third-order valence-electron chi connectivity index (χ3n) is 3.64. The van der Waals surface area contributed by atoms with Crippen LogP contribution in [0.5, 0.6) is 0 Å². The van der Waals surface area contributed by atoms with Crippen LogP contribution in [0.2, 0.25) is 0 Å². The SMILES string of the molecule is Cc1oc(-n2cccc2)c(C#N)c1C(=O)OC/C=C\c1ccccc1. The molecule has 0 fully saturated rings. The second-order valence-corrected chi connectivity index (χ2v) is 5.33. The van der Waals surface area contributed by atoms with Crippen LogP contribution in [0.1, 0.15) is 27.2 Å². The van der Waals surface area contributed by atoms with Gasteiger partial charge in [-0.3, -0.25) is 4.57 Å². The Labute approximate surface area is 145 Å². The van der Waals surface area contributed by atoms with Gasteiger partial charge in [0, 0.05) is 12.4 Å². The Balaban J connectivity index is 1.74. The quantitative estimate of drug-likeness (QED) is 0.659. The monoisotopic (exact) mass is 332 g/mol. The molecule has 0 saturated heterocycles. The third-order valence-corrected chi connectivity index (χ3v) is 3.64. The first-order chi connectivity index (χ1) is 12.2. The third kappa shape index (κ3) is 3.54. The average molecular weight is 332 g/mol. The summed E-state index contributed by atoms with van der Waals surface area (Å²) in [4.78, 5) is 12.4. The molecule has 1 aromatic carbocycles. The molecule has 0 radical (unpaired) electrons. The van der Waals surface area contributed by atoms with E-state index >= 15 is 0 Å². The van der Waals surface area contributed by atoms with E-state index in [1.54, 1.807) is 30.0 Å². The van der Waals surface area contributed by atoms with Crippen molar-refractivity contribution in [1.29, 1.82) is 5.26 Å². The number of hydrogen-bond donors (Lipinski definition) is 0. The van der Waals surface area contributed by atoms with E-state index in [9.17, 15) is 10.1 Å². The van der Waals surface area contributed by atoms with E-state index in [1.807, 2.05) is 54.6 Å². The highest BCUT2D eigenvalue weighted by Gasteiger charge is 2.25. The molecule has 0 saturated carbocycles. The van der Waals surface area contributed by atoms with Crippen molar-refractivity contribution in [2.75, 3.05) is 6.61 Å². The normalized spacial score (nSPS) is 10.7. The van der Waals surface area contributed by atoms with Gasteiger partial charge in [-0.05, 0) is 30.7 Å². The summed E-state index contributed by atoms with van der Waals surface area (Å²) in [6, 6.07) is 15.4. The number of aryl methyl sites for hydroxylation is 1. The second kappa shape index (κ2) is 7.37. The first-order valence-corrected chi connectivity index (χ1v) is 7.76. The average Bonchev–Trinajstić information content (AvgIpc) is 3.26. The minimum atomic E-state index is -0.575. The second-order valence-electron chi connectivity index (χ2n) is 5.33. The number of benzene rings is 1. The molecule has 0 unspecified atom stereocenters. The van der Waals surface area contributed by atoms with Gasteiger partial charge in [0.15, 0.2) is 0 Å². The van der Waals surface area contributed by atoms with Crippen molar-refractivity contribution in [3.8, 4) is 12.0 Å². The molecule has 0 bridgehead atoms. The summed E-state index contributed by atoms with van der Waals surface area (Å²) in [5.74, 6) is 0.1000. The van der Waals surface area contributed by atoms with Gasteiger partial charge in [0.25, 0.3) is 0 Å². The van der Waals surface area contributed by atoms with Crippen molar-refractivity contribution in [3.05, 3.63) is 83.4 Å². The molecule has 2 aromatic heterocycles. The largest absolute Gasteiger partial charge is 0.458 e. The molecule has 0 aliphatic rings. The number of carbonyl (C=O) groups is 1. The van der Waals surface area contributed by atoms with Gasteiger partial charge in [-0.2, -0.15) is 5.26 Å². The maximum Gasteiger partial charge on any atom is 0.343 e. The molecule has 0 atom stereocenters. The fraction of sp³-hybridized carbons (Fsp3) is 0.100. The van der Waals surface area contributed by atoms with Crippen molar-refractivity contribution in [3.63, 3.8) is 0 Å². The van der Waals surface area contributed by atoms with Crippen LogP contribution in [-0.4, -0.2) is 17.1 Å². The van der Waals surface area contributed by atoms with E-state index in [1.165, 1.54) is 0 Å². The predicted octanol–water partition coefficient (Wildman–Crippen LogP) is 4.12. The van der Waals surface area contributed by atoms with Crippen LogP contribution in [0.3, 0.4) is 0 Å². The number of carbonyl (C=O) groups excluding carboxylic acids is 1. The molecule has 0 amide bonds. The summed E-state index contributed by atoms with van der Waals surface area (Å²) in [5.41, 5.74) is 1.36. The van der Waals surface area contributed by atoms with E-state index in [-0.39, 0.29) is 17.7 Å². The van der Waals surface area contributed by atoms with Gasteiger partial charge >= 0.3 is 5.97 Å². The van der Waals surface area contributed by atoms with E-state index in [0.29, 0.717) is 11.6 Å². The molecule has 0 spiro atoms. The molecule has 124 valence electrons. The fourth-order valence-corrected chi connectivity index (χ4v) is 2.48. The zero-order valence-corrected chi connectivity index (χ0v) is 13.7. The number of nitrogens with zero attached hydrogens (tertiary/aromatic N) is 2. The van der Waals surface area contributed by atoms with E-state index in [4.69, 9.17) is 9.15 Å². The zero-order chi connectivity index (χ0) is 17.6. The highest BCUT2D eigenvalue weighted by molar-refractivity contribution is 5.94. The Morgan fingerprint density at radius 3 is 2.64 bits per heavy atom. The number of aromatic nitrogens is 1. The van der Waals surface area contributed by atoms with Gasteiger partial charge in [-0.15, -0.1) is 0 Å². The lowest BCUT2D eigenvalue weighted by molar-refractivity contribution is 0.0548. The van der Waals surface area contributed by atoms with Crippen LogP contribution >= 0.6 is 0 Å². The summed E-state index contributed by atoms with van der Waals surface area (Å²) >= 11 is 0. The van der Waals surface area contributed by atoms with Crippen LogP contribution in [-0.2, 0) is 4.74 Å². The Morgan fingerprint density at radius 1 is 1.24 bits per heavy atom. The fourth-order valence-electron chi connectivity index (χ4n) is 2.48. The highest BCUT2D eigenvalue weighted by atomic mass is 16.5. The Morgan fingerprint density at radius 2 is 1.96 bits per heavy atom. The van der Waals surface area contributed by atoms with Gasteiger partial charge in [0.05, 0.1) is 0 Å². The van der Waals surface area contributed by atoms with E-state index in [2.05, 4.69) is 0 Å². The summed E-state index contributed by atoms with van der Waals surface area (Å²) < 4.78 is 12.5. The maximum atomic E-state index is 12.4. The number of esters is 1. The predicted molar refractivity (Wildman–Crippen MR) is 93.2 cm³/mol. The lowest BCUT2D eigenvalue weighted by Crippen LogP contribution is -2.07. The Hall–Kier alpha value is -3.52. The first kappa shape index (κ1) is 16.3. The number of ether oxygens (including phenoxy) is 1. The minimum Gasteiger partial charge on any atom is -0.458 e. The molecular weight excluding hydrogens is 316 g/mol. The standard InChI is InChI=1S/C20H16N2O3/c1-15-18(17(14-21)19(25-15)22-11-5-6-12-22)20(23)24-13-7-10-16-8-3-2-4-9-16/h2-12H,13H2,1H3/b10-7-. The number of nitriles is 1. The van der Waals surface area contributed by atoms with Gasteiger partial charge in [-0.25, -0.2) is 4.79 Å². The van der Waals surface area contributed by atoms with Gasteiger partial charge in [0.2, 0.25) is 5.88 Å². The molecule has 0 aliphatic carbocycles. The first-order valence-electron chi connectivity index (χ1n) is 7.76. The molecule has 2 heterocycles. The highest BCUT2D eigenvalue weighted by Crippen LogP contribution is 2.26. The number of furan rings is 1. The lowest BCUT2D eigenvalue weighted by Gasteiger charge is -2.01. The molecule has 3 rings (SSSR count). The molecule has 5 nitrogen and oxygen atoms in total. The smallest absolute Gasteiger partial charge is 0.343 e. The molecular formula is C20H16N2O3. The summed E-state index contributed by atoms with van der Waals surface area (Å²) in [7, 11) is 0. The van der Waals surface area contributed by atoms with Crippen LogP contribution in [0.25, 0.3) is 12.0 Å². The van der Waals surface area contributed by atoms with Crippen LogP contribution < -0.4 is 0 Å². The van der Waals surface area contributed by atoms with Crippen molar-refractivity contribution in [1.82, 2.24) is 4.57 Å². The number of rotatable bonds is 5. The van der Waals surface area contributed by atoms with Crippen molar-refractivity contribution in [2.45, 2.75) is 6.92 Å². The Kier molecular flexibility index (Phi) is 4.82. The Bertz CT molecular complexity index is 929. The maximum absolute atomic E-state index is 12.4. The molecule has 3 aromatic rings. The summed E-state index contributed by atoms with van der Waals surface area (Å²) in [6.07, 6.45) is 7.11. The van der Waals surface area contributed by atoms with Gasteiger partial charge in [-0.1, -0.05) is 36.4 Å². The van der Waals surface area contributed by atoms with Crippen LogP contribution in [0, 0.1) is 18.3 Å². The van der Waals surface area contributed by atoms with Crippen molar-refractivity contribution >= 4 is 12.0 Å². The lowest BCUT2D eigenvalue weighted by atomic mass is 10.1. The topological polar surface area (TPSA) is 68.2 Å². The summed E-state index contributed by atoms with van der Waals surface area (Å²) in [5, 5.41) is 9.44. The summed E-state index contributed by atoms with van der Waals surface area (Å²) in [6.45, 7) is 1.76. The van der Waals surface area contributed by atoms with E-state index < -0.39 is 5.97 Å². The molecule has 0 aliphatic heterocycles. The molecule has 0 N–H and O–H groups in total. The number of hydrogen-bond acceptors (Lipinski definition) is 4. The van der Waals surface area contributed by atoms with Crippen LogP contribution in [0.4, 0.5) is 0 Å². The van der Waals surface area contributed by atoms with Crippen molar-refractivity contribution in [2.24, 2.45) is 0 Å². The van der Waals surface area contributed by atoms with E-state index in [0.717, 1.165) is 5.56 Å². The molecule has 25 heavy (non-hydrogen) atoms. The minimum absolute atomic E-state index is 0.113.